The van der Waals surface area contributed by atoms with Gasteiger partial charge in [-0.3, -0.25) is 0 Å². The molecule has 0 fully saturated rings. The van der Waals surface area contributed by atoms with Gasteiger partial charge in [-0.25, -0.2) is 0 Å². The maximum Gasteiger partial charge on any atom is -1.00 e. The molecule has 0 bridgehead atoms. The largest absolute Gasteiger partial charge is 1.00 e. The third-order valence-corrected chi connectivity index (χ3v) is 15.5. The van der Waals surface area contributed by atoms with E-state index in [4.69, 9.17) is 0 Å². The molecule has 0 aliphatic carbocycles. The van der Waals surface area contributed by atoms with Crippen LogP contribution in [0.4, 0.5) is 0 Å². The molecule has 0 unspecified atom stereocenters. The van der Waals surface area contributed by atoms with E-state index in [1.165, 1.54) is 104 Å². The second kappa shape index (κ2) is 21.0. The zero-order chi connectivity index (χ0) is 32.2. The van der Waals surface area contributed by atoms with E-state index in [0.29, 0.717) is 0 Å². The Morgan fingerprint density at radius 1 is 0.574 bits per heavy atom. The molecule has 0 aromatic heterocycles. The first-order chi connectivity index (χ1) is 21.9. The predicted octanol–water partition coefficient (Wildman–Crippen LogP) is 6.80. The molecule has 0 nitrogen and oxygen atoms in total. The van der Waals surface area contributed by atoms with Gasteiger partial charge in [-0.1, -0.05) is 112 Å². The Bertz CT molecular complexity index is 1790. The van der Waals surface area contributed by atoms with Crippen LogP contribution >= 0.6 is 0 Å². The molecule has 0 amide bonds. The molecule has 0 radical (unpaired) electrons. The van der Waals surface area contributed by atoms with Gasteiger partial charge in [0.05, 0.1) is 0 Å². The second-order valence-electron chi connectivity index (χ2n) is 12.1. The van der Waals surface area contributed by atoms with Crippen molar-refractivity contribution in [1.29, 1.82) is 0 Å². The first-order valence-electron chi connectivity index (χ1n) is 17.0. The molecule has 4 heteroatoms. The fourth-order valence-electron chi connectivity index (χ4n) is 5.92. The molecule has 6 aromatic rings. The van der Waals surface area contributed by atoms with E-state index in [1.54, 1.807) is 23.3 Å². The second-order valence-corrected chi connectivity index (χ2v) is 19.9. The number of hydrogen-bond acceptors (Lipinski definition) is 0. The molecule has 0 aliphatic heterocycles. The molecule has 246 valence electrons. The summed E-state index contributed by atoms with van der Waals surface area (Å²) in [5.41, 5.74) is 11.2. The summed E-state index contributed by atoms with van der Waals surface area (Å²) >= 11 is 1.80. The summed E-state index contributed by atoms with van der Waals surface area (Å²) in [6.45, 7) is 13.4. The van der Waals surface area contributed by atoms with Gasteiger partial charge >= 0.3 is 54.7 Å². The number of benzene rings is 4. The number of rotatable bonds is 9. The Balaban J connectivity index is 0.000000270. The van der Waals surface area contributed by atoms with Crippen LogP contribution in [0.1, 0.15) is 69.7 Å². The number of hydrogen-bond donors (Lipinski definition) is 0. The molecule has 0 saturated carbocycles. The van der Waals surface area contributed by atoms with E-state index in [0.717, 1.165) is 6.42 Å². The SMILES string of the molecule is CCCc1ccc(-c2cccc3[cH-]c(C)cc23)cc1.CCCc1ccc(-c2cccc3[cH-]c(CC)cc23)cc1.CC[Si](=[Zr+2])CC.[Cl-].[Cl-]. The van der Waals surface area contributed by atoms with Gasteiger partial charge in [-0.15, -0.1) is 69.1 Å². The van der Waals surface area contributed by atoms with E-state index in [9.17, 15) is 0 Å². The van der Waals surface area contributed by atoms with E-state index >= 15 is 0 Å². The smallest absolute Gasteiger partial charge is 1.00 e. The summed E-state index contributed by atoms with van der Waals surface area (Å²) in [6, 6.07) is 43.4. The van der Waals surface area contributed by atoms with Gasteiger partial charge in [0.2, 0.25) is 0 Å². The van der Waals surface area contributed by atoms with Crippen LogP contribution < -0.4 is 24.8 Å². The van der Waals surface area contributed by atoms with Gasteiger partial charge in [-0.2, -0.15) is 12.1 Å². The molecular formula is C43H50Cl2SiZr-2. The van der Waals surface area contributed by atoms with E-state index in [2.05, 4.69) is 151 Å². The molecule has 0 aliphatic rings. The minimum atomic E-state index is 0. The molecule has 0 atom stereocenters. The monoisotopic (exact) mass is 754 g/mol. The Hall–Kier alpha value is -2.22. The fourth-order valence-corrected chi connectivity index (χ4v) is 6.42. The van der Waals surface area contributed by atoms with Crippen molar-refractivity contribution in [3.8, 4) is 22.3 Å². The molecule has 6 rings (SSSR count). The third-order valence-electron chi connectivity index (χ3n) is 8.57. The van der Waals surface area contributed by atoms with Gasteiger partial charge in [0.1, 0.15) is 0 Å². The van der Waals surface area contributed by atoms with E-state index in [1.807, 2.05) is 0 Å². The Kier molecular flexibility index (Phi) is 18.3. The Labute approximate surface area is 312 Å². The van der Waals surface area contributed by atoms with E-state index in [-0.39, 0.29) is 30.2 Å². The molecule has 0 heterocycles. The minimum Gasteiger partial charge on any atom is -1.00 e. The van der Waals surface area contributed by atoms with Crippen molar-refractivity contribution in [3.05, 3.63) is 131 Å². The predicted molar refractivity (Wildman–Crippen MR) is 199 cm³/mol. The maximum atomic E-state index is 2.34. The first kappa shape index (κ1) is 41.0. The molecule has 0 saturated heterocycles. The third kappa shape index (κ3) is 11.4. The van der Waals surface area contributed by atoms with Crippen LogP contribution in [0.2, 0.25) is 12.1 Å². The fraction of sp³-hybridized carbons (Fsp3) is 0.302. The van der Waals surface area contributed by atoms with Crippen molar-refractivity contribution in [2.24, 2.45) is 0 Å². The van der Waals surface area contributed by atoms with Gasteiger partial charge in [0, 0.05) is 0 Å². The van der Waals surface area contributed by atoms with E-state index < -0.39 is 0 Å². The summed E-state index contributed by atoms with van der Waals surface area (Å²) < 4.78 is 0. The summed E-state index contributed by atoms with van der Waals surface area (Å²) in [6.07, 6.45) is 5.85. The average Bonchev–Trinajstić information content (AvgIpc) is 3.68. The molecule has 6 aromatic carbocycles. The number of halogens is 2. The summed E-state index contributed by atoms with van der Waals surface area (Å²) in [7, 11) is 0. The summed E-state index contributed by atoms with van der Waals surface area (Å²) in [5, 5.41) is 5.44. The molecule has 0 N–H and O–H groups in total. The Morgan fingerprint density at radius 3 is 1.43 bits per heavy atom. The van der Waals surface area contributed by atoms with Crippen molar-refractivity contribution in [2.75, 3.05) is 0 Å². The van der Waals surface area contributed by atoms with Crippen LogP contribution in [0.25, 0.3) is 43.8 Å². The van der Waals surface area contributed by atoms with Gasteiger partial charge < -0.3 is 24.8 Å². The van der Waals surface area contributed by atoms with Gasteiger partial charge in [0.15, 0.2) is 0 Å². The van der Waals surface area contributed by atoms with Crippen LogP contribution in [0.15, 0.2) is 109 Å². The van der Waals surface area contributed by atoms with Crippen LogP contribution in [0.5, 0.6) is 0 Å². The topological polar surface area (TPSA) is 0 Å². The van der Waals surface area contributed by atoms with Crippen molar-refractivity contribution >= 4 is 27.0 Å². The van der Waals surface area contributed by atoms with Crippen molar-refractivity contribution in [1.82, 2.24) is 0 Å². The zero-order valence-corrected chi connectivity index (χ0v) is 34.1. The number of fused-ring (bicyclic) bond motifs is 2. The van der Waals surface area contributed by atoms with Crippen LogP contribution in [0, 0.1) is 6.92 Å². The van der Waals surface area contributed by atoms with Gasteiger partial charge in [-0.05, 0) is 41.5 Å². The van der Waals surface area contributed by atoms with Crippen molar-refractivity contribution in [2.45, 2.75) is 85.7 Å². The van der Waals surface area contributed by atoms with Crippen molar-refractivity contribution in [3.63, 3.8) is 0 Å². The Morgan fingerprint density at radius 2 is 1.02 bits per heavy atom. The average molecular weight is 757 g/mol. The zero-order valence-electron chi connectivity index (χ0n) is 29.1. The standard InChI is InChI=1S/C20H21.C19H19.C4H10Si.2ClH.Zr/c1-3-6-16-9-11-17(12-10-16)19-8-5-7-18-13-15(4-2)14-20(18)19;1-3-5-15-8-10-16(11-9-15)18-7-4-6-17-12-14(2)13-19(17)18;1-3-5-4-2;;;/h5,7-14H,3-4,6H2,1-2H3;4,6-13H,3,5H2,1-2H3;3-4H2,1-2H3;2*1H;/q2*-1;;;;+2/p-2. The van der Waals surface area contributed by atoms with Crippen LogP contribution in [-0.4, -0.2) is 5.43 Å². The maximum absolute atomic E-state index is 2.34. The number of aryl methyl sites for hydroxylation is 4. The molecule has 47 heavy (non-hydrogen) atoms. The summed E-state index contributed by atoms with van der Waals surface area (Å²) in [4.78, 5) is 0. The normalized spacial score (nSPS) is 10.3. The molecule has 0 spiro atoms. The first-order valence-corrected chi connectivity index (χ1v) is 22.6. The molecular weight excluding hydrogens is 707 g/mol. The van der Waals surface area contributed by atoms with Crippen molar-refractivity contribution < 1.29 is 48.1 Å². The quantitative estimate of drug-likeness (QED) is 0.113. The minimum absolute atomic E-state index is 0. The van der Waals surface area contributed by atoms with Gasteiger partial charge in [0.25, 0.3) is 0 Å². The van der Waals surface area contributed by atoms with Crippen LogP contribution in [0.3, 0.4) is 0 Å². The summed E-state index contributed by atoms with van der Waals surface area (Å²) in [5.74, 6) is 0. The van der Waals surface area contributed by atoms with Crippen LogP contribution in [-0.2, 0) is 42.6 Å².